The Bertz CT molecular complexity index is 239. The molecule has 0 rings (SSSR count). The molecule has 110 valence electrons. The molecule has 0 amide bonds. The van der Waals surface area contributed by atoms with Crippen LogP contribution in [0.1, 0.15) is 61.1 Å². The monoisotopic (exact) mass is 284 g/mol. The second-order valence-electron chi connectivity index (χ2n) is 3.99. The first-order chi connectivity index (χ1) is 8.58. The van der Waals surface area contributed by atoms with Crippen molar-refractivity contribution in [2.75, 3.05) is 7.11 Å². The first-order valence-electron chi connectivity index (χ1n) is 6.50. The molecule has 0 aromatic rings. The number of carboxylic acids is 1. The van der Waals surface area contributed by atoms with E-state index in [1.165, 1.54) is 39.2 Å². The Kier molecular flexibility index (Phi) is 24.5. The van der Waals surface area contributed by atoms with E-state index in [2.05, 4.69) is 18.2 Å². The van der Waals surface area contributed by atoms with Gasteiger partial charge >= 0.3 is 35.0 Å². The van der Waals surface area contributed by atoms with Crippen molar-refractivity contribution in [2.45, 2.75) is 58.3 Å². The summed E-state index contributed by atoms with van der Waals surface area (Å²) in [4.78, 5) is 20.0. The largest absolute Gasteiger partial charge is 2.00 e. The second kappa shape index (κ2) is 19.8. The van der Waals surface area contributed by atoms with Gasteiger partial charge in [0.1, 0.15) is 0 Å². The summed E-state index contributed by atoms with van der Waals surface area (Å²) in [6, 6.07) is 0. The average Bonchev–Trinajstić information content (AvgIpc) is 2.37. The Morgan fingerprint density at radius 1 is 1.16 bits per heavy atom. The van der Waals surface area contributed by atoms with Crippen molar-refractivity contribution >= 4 is 35.0 Å². The molecule has 0 bridgehead atoms. The number of rotatable bonds is 9. The zero-order valence-corrected chi connectivity index (χ0v) is 13.7. The number of methoxy groups -OCH3 is 1. The van der Waals surface area contributed by atoms with Gasteiger partial charge in [-0.25, -0.2) is 4.79 Å². The maximum absolute atomic E-state index is 10.1. The van der Waals surface area contributed by atoms with Crippen molar-refractivity contribution in [2.24, 2.45) is 0 Å². The molecular weight excluding hydrogens is 256 g/mol. The van der Waals surface area contributed by atoms with Crippen molar-refractivity contribution < 1.29 is 22.3 Å². The molecule has 0 saturated heterocycles. The molecule has 0 aliphatic carbocycles. The van der Waals surface area contributed by atoms with Crippen molar-refractivity contribution in [1.29, 1.82) is 0 Å². The summed E-state index contributed by atoms with van der Waals surface area (Å²) in [6.45, 7) is 5.36. The number of carboxylic acid groups (broad SMARTS) is 1. The van der Waals surface area contributed by atoms with Crippen LogP contribution in [0.4, 0.5) is 0 Å². The summed E-state index contributed by atoms with van der Waals surface area (Å²) in [5.41, 5.74) is 0. The van der Waals surface area contributed by atoms with E-state index in [-0.39, 0.29) is 25.9 Å². The van der Waals surface area contributed by atoms with Crippen molar-refractivity contribution in [3.63, 3.8) is 0 Å². The number of hydrogen-bond acceptors (Lipinski definition) is 3. The number of ether oxygens (including phenoxy) is 1. The Morgan fingerprint density at radius 3 is 1.95 bits per heavy atom. The van der Waals surface area contributed by atoms with Crippen LogP contribution >= 0.6 is 0 Å². The molecule has 0 radical (unpaired) electrons. The van der Waals surface area contributed by atoms with Crippen LogP contribution in [0.5, 0.6) is 0 Å². The third-order valence-corrected chi connectivity index (χ3v) is 2.36. The summed E-state index contributed by atoms with van der Waals surface area (Å²) in [5.74, 6) is -1.06. The minimum atomic E-state index is -0.663. The summed E-state index contributed by atoms with van der Waals surface area (Å²) >= 11 is 0. The van der Waals surface area contributed by atoms with E-state index in [4.69, 9.17) is 5.11 Å². The molecule has 1 N–H and O–H groups in total. The van der Waals surface area contributed by atoms with Crippen LogP contribution in [0.3, 0.4) is 0 Å². The molecule has 0 unspecified atom stereocenters. The van der Waals surface area contributed by atoms with Gasteiger partial charge in [-0.1, -0.05) is 52.0 Å². The minimum Gasteiger partial charge on any atom is -1.00 e. The van der Waals surface area contributed by atoms with Gasteiger partial charge in [0.25, 0.3) is 0 Å². The van der Waals surface area contributed by atoms with Gasteiger partial charge in [-0.2, -0.15) is 0 Å². The van der Waals surface area contributed by atoms with Gasteiger partial charge in [0, 0.05) is 12.5 Å². The Morgan fingerprint density at radius 2 is 1.63 bits per heavy atom. The molecule has 19 heavy (non-hydrogen) atoms. The fourth-order valence-electron chi connectivity index (χ4n) is 1.32. The van der Waals surface area contributed by atoms with E-state index in [1.54, 1.807) is 0 Å². The fraction of sp³-hybridized carbons (Fsp3) is 0.714. The molecule has 0 aromatic carbocycles. The summed E-state index contributed by atoms with van der Waals surface area (Å²) in [7, 11) is 1.31. The van der Waals surface area contributed by atoms with E-state index < -0.39 is 11.9 Å². The van der Waals surface area contributed by atoms with Crippen molar-refractivity contribution in [3.05, 3.63) is 12.7 Å². The van der Waals surface area contributed by atoms with Gasteiger partial charge in [-0.3, -0.25) is 4.79 Å². The van der Waals surface area contributed by atoms with Crippen LogP contribution in [-0.4, -0.2) is 47.2 Å². The normalized spacial score (nSPS) is 8.53. The van der Waals surface area contributed by atoms with Crippen LogP contribution in [0, 0.1) is 0 Å². The number of esters is 1. The average molecular weight is 285 g/mol. The molecular formula is C14H28MgO4. The van der Waals surface area contributed by atoms with Crippen LogP contribution in [0.2, 0.25) is 0 Å². The van der Waals surface area contributed by atoms with E-state index in [9.17, 15) is 9.59 Å². The molecule has 0 atom stereocenters. The number of carbonyl (C=O) groups is 2. The van der Waals surface area contributed by atoms with Crippen molar-refractivity contribution in [1.82, 2.24) is 0 Å². The predicted molar refractivity (Wildman–Crippen MR) is 80.4 cm³/mol. The zero-order valence-electron chi connectivity index (χ0n) is 14.3. The summed E-state index contributed by atoms with van der Waals surface area (Å²) < 4.78 is 4.14. The topological polar surface area (TPSA) is 63.6 Å². The first-order valence-corrected chi connectivity index (χ1v) is 6.50. The van der Waals surface area contributed by atoms with Gasteiger partial charge < -0.3 is 12.7 Å². The van der Waals surface area contributed by atoms with Gasteiger partial charge in [-0.15, -0.1) is 0 Å². The Labute approximate surface area is 135 Å². The van der Waals surface area contributed by atoms with Gasteiger partial charge in [-0.05, 0) is 6.42 Å². The predicted octanol–water partition coefficient (Wildman–Crippen LogP) is 3.40. The summed E-state index contributed by atoms with van der Waals surface area (Å²) in [5, 5.41) is 8.35. The molecule has 0 saturated carbocycles. The molecule has 0 aliphatic heterocycles. The molecule has 0 heterocycles. The molecule has 0 aromatic heterocycles. The fourth-order valence-corrected chi connectivity index (χ4v) is 1.32. The number of hydrogen-bond donors (Lipinski definition) is 1. The molecule has 0 aliphatic rings. The third-order valence-electron chi connectivity index (χ3n) is 2.36. The van der Waals surface area contributed by atoms with E-state index >= 15 is 0 Å². The van der Waals surface area contributed by atoms with Crippen LogP contribution in [0.15, 0.2) is 12.7 Å². The SMILES string of the molecule is C=CC(=O)OC.CCCCCCCCCC(=O)O.[H-].[H-].[Mg+2]. The van der Waals surface area contributed by atoms with Crippen LogP contribution < -0.4 is 0 Å². The Balaban J connectivity index is -0.0000000830. The second-order valence-corrected chi connectivity index (χ2v) is 3.99. The van der Waals surface area contributed by atoms with E-state index in [0.717, 1.165) is 18.9 Å². The quantitative estimate of drug-likeness (QED) is 0.305. The molecule has 0 fully saturated rings. The summed E-state index contributed by atoms with van der Waals surface area (Å²) in [6.07, 6.45) is 9.75. The maximum Gasteiger partial charge on any atom is 2.00 e. The number of unbranched alkanes of at least 4 members (excludes halogenated alkanes) is 6. The minimum absolute atomic E-state index is 0. The third kappa shape index (κ3) is 26.9. The van der Waals surface area contributed by atoms with E-state index in [1.807, 2.05) is 0 Å². The zero-order chi connectivity index (χ0) is 14.2. The number of aliphatic carboxylic acids is 1. The van der Waals surface area contributed by atoms with Crippen LogP contribution in [-0.2, 0) is 14.3 Å². The van der Waals surface area contributed by atoms with Gasteiger partial charge in [0.05, 0.1) is 7.11 Å². The molecule has 4 nitrogen and oxygen atoms in total. The maximum atomic E-state index is 10.1. The first kappa shape index (κ1) is 23.5. The van der Waals surface area contributed by atoms with Gasteiger partial charge in [0.15, 0.2) is 0 Å². The molecule has 0 spiro atoms. The van der Waals surface area contributed by atoms with Gasteiger partial charge in [0.2, 0.25) is 0 Å². The smallest absolute Gasteiger partial charge is 1.00 e. The standard InChI is InChI=1S/C10H20O2.C4H6O2.Mg.2H/c1-2-3-4-5-6-7-8-9-10(11)12;1-3-4(5)6-2;;;/h2-9H2,1H3,(H,11,12);3H,1H2,2H3;;;/q;;+2;2*-1. The van der Waals surface area contributed by atoms with E-state index in [0.29, 0.717) is 6.42 Å². The van der Waals surface area contributed by atoms with Crippen LogP contribution in [0.25, 0.3) is 0 Å². The Hall–Kier alpha value is -0.554. The number of carbonyl (C=O) groups excluding carboxylic acids is 1. The molecule has 5 heteroatoms. The van der Waals surface area contributed by atoms with Crippen molar-refractivity contribution in [3.8, 4) is 0 Å².